The van der Waals surface area contributed by atoms with Gasteiger partial charge in [-0.05, 0) is 39.7 Å². The first kappa shape index (κ1) is 14.8. The second-order valence-electron chi connectivity index (χ2n) is 6.42. The van der Waals surface area contributed by atoms with E-state index < -0.39 is 0 Å². The van der Waals surface area contributed by atoms with E-state index in [2.05, 4.69) is 22.1 Å². The van der Waals surface area contributed by atoms with Crippen LogP contribution in [-0.2, 0) is 6.54 Å². The molecule has 3 heterocycles. The van der Waals surface area contributed by atoms with Crippen LogP contribution in [-0.4, -0.2) is 42.2 Å². The van der Waals surface area contributed by atoms with E-state index in [1.807, 2.05) is 13.1 Å². The van der Waals surface area contributed by atoms with Gasteiger partial charge in [-0.15, -0.1) is 0 Å². The summed E-state index contributed by atoms with van der Waals surface area (Å²) in [4.78, 5) is 7.26. The van der Waals surface area contributed by atoms with Crippen molar-refractivity contribution in [3.63, 3.8) is 0 Å². The van der Waals surface area contributed by atoms with E-state index >= 15 is 0 Å². The molecule has 2 unspecified atom stereocenters. The normalized spacial score (nSPS) is 25.9. The van der Waals surface area contributed by atoms with Gasteiger partial charge in [-0.25, -0.2) is 0 Å². The Morgan fingerprint density at radius 2 is 2.14 bits per heavy atom. The van der Waals surface area contributed by atoms with Gasteiger partial charge in [-0.1, -0.05) is 6.42 Å². The number of nitrogens with one attached hydrogen (secondary N) is 1. The highest BCUT2D eigenvalue weighted by atomic mass is 16.5. The van der Waals surface area contributed by atoms with Gasteiger partial charge in [0.2, 0.25) is 0 Å². The molecule has 0 amide bonds. The third-order valence-corrected chi connectivity index (χ3v) is 5.14. The number of fused-ring (bicyclic) bond motifs is 1. The molecule has 116 valence electrons. The summed E-state index contributed by atoms with van der Waals surface area (Å²) >= 11 is 0. The Labute approximate surface area is 127 Å². The molecule has 2 atom stereocenters. The predicted molar refractivity (Wildman–Crippen MR) is 84.7 cm³/mol. The van der Waals surface area contributed by atoms with Crippen molar-refractivity contribution in [2.24, 2.45) is 0 Å². The summed E-state index contributed by atoms with van der Waals surface area (Å²) < 4.78 is 5.50. The fourth-order valence-corrected chi connectivity index (χ4v) is 3.96. The lowest BCUT2D eigenvalue weighted by molar-refractivity contribution is 0.180. The molecule has 0 bridgehead atoms. The summed E-state index contributed by atoms with van der Waals surface area (Å²) in [6, 6.07) is 1.37. The van der Waals surface area contributed by atoms with E-state index in [9.17, 15) is 0 Å². The number of ether oxygens (including phenoxy) is 1. The third-order valence-electron chi connectivity index (χ3n) is 5.14. The molecule has 2 aliphatic heterocycles. The number of aryl methyl sites for hydroxylation is 1. The third kappa shape index (κ3) is 2.92. The van der Waals surface area contributed by atoms with Gasteiger partial charge < -0.3 is 10.1 Å². The van der Waals surface area contributed by atoms with Crippen LogP contribution >= 0.6 is 0 Å². The van der Waals surface area contributed by atoms with Gasteiger partial charge in [0.25, 0.3) is 0 Å². The topological polar surface area (TPSA) is 37.4 Å². The van der Waals surface area contributed by atoms with Crippen LogP contribution < -0.4 is 10.1 Å². The van der Waals surface area contributed by atoms with Crippen molar-refractivity contribution in [1.29, 1.82) is 0 Å². The second-order valence-corrected chi connectivity index (χ2v) is 6.42. The minimum Gasteiger partial charge on any atom is -0.496 e. The van der Waals surface area contributed by atoms with Crippen LogP contribution in [0.1, 0.15) is 42.5 Å². The van der Waals surface area contributed by atoms with Crippen molar-refractivity contribution < 1.29 is 4.74 Å². The molecule has 1 aromatic rings. The molecule has 0 saturated carbocycles. The second kappa shape index (κ2) is 6.32. The molecule has 0 aliphatic carbocycles. The summed E-state index contributed by atoms with van der Waals surface area (Å²) in [6.45, 7) is 7.55. The van der Waals surface area contributed by atoms with Crippen LogP contribution in [0, 0.1) is 13.8 Å². The summed E-state index contributed by atoms with van der Waals surface area (Å²) in [5, 5.41) is 3.75. The molecule has 3 rings (SSSR count). The van der Waals surface area contributed by atoms with Crippen LogP contribution in [0.25, 0.3) is 0 Å². The Hall–Kier alpha value is -1.13. The zero-order valence-electron chi connectivity index (χ0n) is 13.5. The van der Waals surface area contributed by atoms with Gasteiger partial charge in [-0.3, -0.25) is 9.88 Å². The summed E-state index contributed by atoms with van der Waals surface area (Å²) in [7, 11) is 1.74. The number of hydrogen-bond donors (Lipinski definition) is 1. The molecular formula is C17H27N3O. The average Bonchev–Trinajstić information content (AvgIpc) is 2.90. The molecule has 21 heavy (non-hydrogen) atoms. The van der Waals surface area contributed by atoms with Crippen molar-refractivity contribution in [1.82, 2.24) is 15.2 Å². The molecule has 0 aromatic carbocycles. The van der Waals surface area contributed by atoms with Gasteiger partial charge in [0.1, 0.15) is 5.75 Å². The number of aromatic nitrogens is 1. The number of pyridine rings is 1. The Kier molecular flexibility index (Phi) is 4.45. The summed E-state index contributed by atoms with van der Waals surface area (Å²) in [5.41, 5.74) is 3.40. The summed E-state index contributed by atoms with van der Waals surface area (Å²) in [5.74, 6) is 0.979. The lowest BCUT2D eigenvalue weighted by atomic mass is 9.99. The van der Waals surface area contributed by atoms with Crippen molar-refractivity contribution in [2.75, 3.05) is 20.2 Å². The van der Waals surface area contributed by atoms with E-state index in [1.165, 1.54) is 44.3 Å². The number of piperidine rings is 1. The average molecular weight is 289 g/mol. The molecule has 0 radical (unpaired) electrons. The molecule has 4 nitrogen and oxygen atoms in total. The van der Waals surface area contributed by atoms with Crippen LogP contribution in [0.2, 0.25) is 0 Å². The molecule has 2 saturated heterocycles. The highest BCUT2D eigenvalue weighted by molar-refractivity contribution is 5.41. The van der Waals surface area contributed by atoms with E-state index in [0.717, 1.165) is 29.6 Å². The first-order chi connectivity index (χ1) is 10.2. The Balaban J connectivity index is 1.65. The summed E-state index contributed by atoms with van der Waals surface area (Å²) in [6.07, 6.45) is 7.30. The van der Waals surface area contributed by atoms with Gasteiger partial charge >= 0.3 is 0 Å². The molecule has 4 heteroatoms. The van der Waals surface area contributed by atoms with Crippen LogP contribution in [0.15, 0.2) is 6.20 Å². The Morgan fingerprint density at radius 1 is 1.29 bits per heavy atom. The fourth-order valence-electron chi connectivity index (χ4n) is 3.96. The minimum atomic E-state index is 0.624. The maximum Gasteiger partial charge on any atom is 0.128 e. The number of rotatable bonds is 4. The van der Waals surface area contributed by atoms with Gasteiger partial charge in [0.15, 0.2) is 0 Å². The first-order valence-corrected chi connectivity index (χ1v) is 8.17. The van der Waals surface area contributed by atoms with Crippen molar-refractivity contribution in [3.8, 4) is 5.75 Å². The van der Waals surface area contributed by atoms with Crippen molar-refractivity contribution in [3.05, 3.63) is 23.0 Å². The minimum absolute atomic E-state index is 0.624. The van der Waals surface area contributed by atoms with Gasteiger partial charge in [0.05, 0.1) is 12.8 Å². The van der Waals surface area contributed by atoms with E-state index in [4.69, 9.17) is 4.74 Å². The van der Waals surface area contributed by atoms with Crippen molar-refractivity contribution >= 4 is 0 Å². The SMILES string of the molecule is COc1c(C)cnc(CNC2CCN3CCCCC23)c1C. The number of nitrogens with zero attached hydrogens (tertiary/aromatic N) is 2. The van der Waals surface area contributed by atoms with Crippen LogP contribution in [0.3, 0.4) is 0 Å². The van der Waals surface area contributed by atoms with Crippen LogP contribution in [0.4, 0.5) is 0 Å². The monoisotopic (exact) mass is 289 g/mol. The fraction of sp³-hybridized carbons (Fsp3) is 0.706. The number of methoxy groups -OCH3 is 1. The first-order valence-electron chi connectivity index (χ1n) is 8.17. The maximum absolute atomic E-state index is 5.50. The molecule has 1 aromatic heterocycles. The zero-order chi connectivity index (χ0) is 14.8. The van der Waals surface area contributed by atoms with E-state index in [0.29, 0.717) is 6.04 Å². The molecule has 2 fully saturated rings. The Morgan fingerprint density at radius 3 is 2.95 bits per heavy atom. The Bertz CT molecular complexity index is 503. The van der Waals surface area contributed by atoms with Crippen LogP contribution in [0.5, 0.6) is 5.75 Å². The van der Waals surface area contributed by atoms with E-state index in [1.54, 1.807) is 7.11 Å². The molecule has 1 N–H and O–H groups in total. The standard InChI is InChI=1S/C17H27N3O/c1-12-10-18-15(13(2)17(12)21-3)11-19-14-7-9-20-8-5-4-6-16(14)20/h10,14,16,19H,4-9,11H2,1-3H3. The highest BCUT2D eigenvalue weighted by Gasteiger charge is 2.35. The smallest absolute Gasteiger partial charge is 0.128 e. The van der Waals surface area contributed by atoms with Crippen molar-refractivity contribution in [2.45, 2.75) is 58.2 Å². The van der Waals surface area contributed by atoms with E-state index in [-0.39, 0.29) is 0 Å². The largest absolute Gasteiger partial charge is 0.496 e. The highest BCUT2D eigenvalue weighted by Crippen LogP contribution is 2.28. The zero-order valence-corrected chi connectivity index (χ0v) is 13.5. The molecule has 0 spiro atoms. The van der Waals surface area contributed by atoms with Gasteiger partial charge in [0, 0.05) is 42.5 Å². The van der Waals surface area contributed by atoms with Gasteiger partial charge in [-0.2, -0.15) is 0 Å². The lowest BCUT2D eigenvalue weighted by Gasteiger charge is -2.32. The lowest BCUT2D eigenvalue weighted by Crippen LogP contribution is -2.44. The quantitative estimate of drug-likeness (QED) is 0.924. The molecular weight excluding hydrogens is 262 g/mol. The number of hydrogen-bond acceptors (Lipinski definition) is 4. The predicted octanol–water partition coefficient (Wildman–Crippen LogP) is 2.42. The maximum atomic E-state index is 5.50. The molecule has 2 aliphatic rings.